The number of Topliss-reactive ketones (excluding diaryl/α,β-unsaturated/α-hetero) is 1. The molecule has 1 heterocycles. The number of allylic oxidation sites excluding steroid dienone is 5. The summed E-state index contributed by atoms with van der Waals surface area (Å²) in [6.07, 6.45) is 20.1. The fourth-order valence-corrected chi connectivity index (χ4v) is 6.31. The molecule has 2 aliphatic carbocycles. The van der Waals surface area contributed by atoms with Crippen LogP contribution in [0.25, 0.3) is 5.57 Å². The summed E-state index contributed by atoms with van der Waals surface area (Å²) in [5.74, 6) is -1.32. The largest absolute Gasteiger partial charge is 0.506 e. The number of carbonyl (C=O) groups is 2. The van der Waals surface area contributed by atoms with E-state index in [-0.39, 0.29) is 38.9 Å². The number of aliphatic hydroxyl groups excluding tert-OH is 1. The van der Waals surface area contributed by atoms with Crippen LogP contribution in [0.3, 0.4) is 0 Å². The number of unbranched alkanes of at least 4 members (excludes halogenated alkanes) is 13. The maximum absolute atomic E-state index is 12.7. The number of hydrogen-bond donors (Lipinski definition) is 2. The third kappa shape index (κ3) is 8.69. The summed E-state index contributed by atoms with van der Waals surface area (Å²) in [5.41, 5.74) is 0.0480. The highest BCUT2D eigenvalue weighted by Crippen LogP contribution is 2.40. The molecule has 11 heteroatoms. The second kappa shape index (κ2) is 15.1. The van der Waals surface area contributed by atoms with E-state index in [9.17, 15) is 23.1 Å². The molecule has 0 unspecified atom stereocenters. The number of nitrogens with zero attached hydrogens (tertiary/aromatic N) is 3. The monoisotopic (exact) mass is 562 g/mol. The topological polar surface area (TPSA) is 139 Å². The lowest BCUT2D eigenvalue weighted by Crippen LogP contribution is -2.31. The minimum atomic E-state index is -3.74. The highest BCUT2D eigenvalue weighted by molar-refractivity contribution is 7.89. The predicted molar refractivity (Wildman–Crippen MR) is 149 cm³/mol. The smallest absolute Gasteiger partial charge is 0.232 e. The van der Waals surface area contributed by atoms with Gasteiger partial charge in [-0.05, 0) is 23.8 Å². The van der Waals surface area contributed by atoms with E-state index in [4.69, 9.17) is 0 Å². The van der Waals surface area contributed by atoms with Gasteiger partial charge in [-0.15, -0.1) is 5.10 Å². The molecule has 0 aromatic carbocycles. The summed E-state index contributed by atoms with van der Waals surface area (Å²) in [5, 5.41) is 17.8. The highest BCUT2D eigenvalue weighted by Gasteiger charge is 2.40. The lowest BCUT2D eigenvalue weighted by molar-refractivity contribution is -0.112. The molecule has 0 saturated heterocycles. The summed E-state index contributed by atoms with van der Waals surface area (Å²) in [4.78, 5) is 24.6. The first-order valence-corrected chi connectivity index (χ1v) is 16.1. The number of aliphatic hydroxyl groups is 1. The quantitative estimate of drug-likeness (QED) is 0.176. The van der Waals surface area contributed by atoms with Crippen LogP contribution in [0, 0.1) is 0 Å². The average molecular weight is 563 g/mol. The molecule has 208 valence electrons. The Morgan fingerprint density at radius 3 is 1.95 bits per heavy atom. The van der Waals surface area contributed by atoms with Crippen molar-refractivity contribution in [1.29, 1.82) is 0 Å². The van der Waals surface area contributed by atoms with Gasteiger partial charge in [0.15, 0.2) is 10.8 Å². The Kier molecular flexibility index (Phi) is 11.8. The lowest BCUT2D eigenvalue weighted by atomic mass is 9.83. The Morgan fingerprint density at radius 1 is 0.842 bits per heavy atom. The molecule has 9 nitrogen and oxygen atoms in total. The number of rotatable bonds is 18. The molecule has 0 bridgehead atoms. The van der Waals surface area contributed by atoms with Crippen LogP contribution < -0.4 is 4.72 Å². The van der Waals surface area contributed by atoms with Crippen molar-refractivity contribution in [2.24, 2.45) is 0 Å². The van der Waals surface area contributed by atoms with Crippen molar-refractivity contribution in [3.8, 4) is 0 Å². The minimum Gasteiger partial charge on any atom is -0.506 e. The summed E-state index contributed by atoms with van der Waals surface area (Å²) in [6, 6.07) is 0. The van der Waals surface area contributed by atoms with E-state index in [2.05, 4.69) is 26.4 Å². The van der Waals surface area contributed by atoms with E-state index in [1.165, 1.54) is 76.4 Å². The van der Waals surface area contributed by atoms with Gasteiger partial charge in [0.05, 0.1) is 17.0 Å². The Morgan fingerprint density at radius 2 is 1.42 bits per heavy atom. The van der Waals surface area contributed by atoms with Crippen LogP contribution in [-0.2, 0) is 19.6 Å². The van der Waals surface area contributed by atoms with E-state index in [1.807, 2.05) is 0 Å². The van der Waals surface area contributed by atoms with Crippen molar-refractivity contribution in [3.05, 3.63) is 45.8 Å². The lowest BCUT2D eigenvalue weighted by Gasteiger charge is -2.24. The van der Waals surface area contributed by atoms with Gasteiger partial charge >= 0.3 is 0 Å². The van der Waals surface area contributed by atoms with Crippen LogP contribution in [0.4, 0.5) is 0 Å². The first-order valence-electron chi connectivity index (χ1n) is 13.7. The molecule has 2 N–H and O–H groups in total. The van der Waals surface area contributed by atoms with Gasteiger partial charge in [0, 0.05) is 23.2 Å². The fraction of sp³-hybridized carbons (Fsp3) is 0.593. The summed E-state index contributed by atoms with van der Waals surface area (Å²) in [7, 11) is -3.74. The molecule has 3 rings (SSSR count). The molecule has 2 aliphatic rings. The van der Waals surface area contributed by atoms with E-state index >= 15 is 0 Å². The molecule has 1 aromatic heterocycles. The van der Waals surface area contributed by atoms with Gasteiger partial charge in [-0.25, -0.2) is 8.42 Å². The van der Waals surface area contributed by atoms with Crippen LogP contribution in [0.1, 0.15) is 102 Å². The Hall–Kier alpha value is -2.66. The number of sulfonamides is 1. The van der Waals surface area contributed by atoms with Crippen molar-refractivity contribution in [2.75, 3.05) is 5.75 Å². The zero-order valence-corrected chi connectivity index (χ0v) is 23.7. The van der Waals surface area contributed by atoms with Crippen LogP contribution in [0.15, 0.2) is 40.8 Å². The third-order valence-electron chi connectivity index (χ3n) is 6.73. The summed E-state index contributed by atoms with van der Waals surface area (Å²) >= 11 is 0.865. The average Bonchev–Trinajstić information content (AvgIpc) is 3.39. The minimum absolute atomic E-state index is 0.0163. The van der Waals surface area contributed by atoms with Crippen molar-refractivity contribution >= 4 is 38.7 Å². The molecule has 0 amide bonds. The van der Waals surface area contributed by atoms with Gasteiger partial charge < -0.3 is 5.11 Å². The second-order valence-electron chi connectivity index (χ2n) is 9.82. The first kappa shape index (κ1) is 29.9. The molecule has 0 radical (unpaired) electrons. The fourth-order valence-electron chi connectivity index (χ4n) is 4.61. The van der Waals surface area contributed by atoms with Gasteiger partial charge in [-0.2, -0.15) is 0 Å². The van der Waals surface area contributed by atoms with Gasteiger partial charge in [-0.1, -0.05) is 94.9 Å². The van der Waals surface area contributed by atoms with E-state index in [1.54, 1.807) is 0 Å². The maximum atomic E-state index is 12.7. The maximum Gasteiger partial charge on any atom is 0.232 e. The molecule has 0 saturated carbocycles. The van der Waals surface area contributed by atoms with Crippen LogP contribution >= 0.6 is 11.5 Å². The van der Waals surface area contributed by atoms with Crippen LogP contribution in [0.2, 0.25) is 0 Å². The Balaban J connectivity index is 1.40. The van der Waals surface area contributed by atoms with Crippen molar-refractivity contribution in [1.82, 2.24) is 19.5 Å². The van der Waals surface area contributed by atoms with Gasteiger partial charge in [0.25, 0.3) is 0 Å². The van der Waals surface area contributed by atoms with Gasteiger partial charge in [-0.3, -0.25) is 14.3 Å². The molecule has 0 spiro atoms. The number of aromatic nitrogens is 3. The van der Waals surface area contributed by atoms with Crippen molar-refractivity contribution in [3.63, 3.8) is 0 Å². The Labute approximate surface area is 229 Å². The molecular formula is C27H38N4O5S2. The first-order chi connectivity index (χ1) is 18.3. The SMILES string of the molecule is CCCCCCCCCCCCCCCCS(=O)(=O)NC1=CC(=O)C=C/C1=C1/C(=O)C(c2nnns2)=C1O. The number of carbonyl (C=O) groups excluding carboxylic acids is 2. The zero-order valence-electron chi connectivity index (χ0n) is 22.1. The number of nitrogens with one attached hydrogen (secondary N) is 1. The summed E-state index contributed by atoms with van der Waals surface area (Å²) < 4.78 is 31.5. The Bertz CT molecular complexity index is 1200. The standard InChI is InChI=1S/C27H38N4O5S2/c1-2-3-4-5-6-7-8-9-10-11-12-13-14-15-18-38(35,36)29-22-19-20(32)16-17-21(22)23-25(33)24(26(23)34)27-28-30-31-37-27/h16-17,19,29,33H,2-15,18H2,1H3/b23-21-. The molecule has 0 fully saturated rings. The van der Waals surface area contributed by atoms with Gasteiger partial charge in [0.1, 0.15) is 11.3 Å². The molecular weight excluding hydrogens is 524 g/mol. The third-order valence-corrected chi connectivity index (χ3v) is 8.70. The molecule has 0 aliphatic heterocycles. The van der Waals surface area contributed by atoms with E-state index in [0.717, 1.165) is 36.9 Å². The molecule has 0 atom stereocenters. The second-order valence-corrected chi connectivity index (χ2v) is 12.4. The van der Waals surface area contributed by atoms with Crippen LogP contribution in [0.5, 0.6) is 0 Å². The van der Waals surface area contributed by atoms with Crippen molar-refractivity contribution in [2.45, 2.75) is 96.8 Å². The highest BCUT2D eigenvalue weighted by atomic mass is 32.2. The predicted octanol–water partition coefficient (Wildman–Crippen LogP) is 5.51. The number of hydrogen-bond acceptors (Lipinski definition) is 9. The normalized spacial score (nSPS) is 17.7. The molecule has 1 aromatic rings. The van der Waals surface area contributed by atoms with E-state index in [0.29, 0.717) is 6.42 Å². The molecule has 38 heavy (non-hydrogen) atoms. The summed E-state index contributed by atoms with van der Waals surface area (Å²) in [6.45, 7) is 2.24. The zero-order chi connectivity index (χ0) is 27.4. The van der Waals surface area contributed by atoms with E-state index < -0.39 is 21.6 Å². The number of ketones is 2. The van der Waals surface area contributed by atoms with Crippen LogP contribution in [-0.4, -0.2) is 45.6 Å². The van der Waals surface area contributed by atoms with Gasteiger partial charge in [0.2, 0.25) is 15.8 Å². The van der Waals surface area contributed by atoms with Crippen molar-refractivity contribution < 1.29 is 23.1 Å².